The topological polar surface area (TPSA) is 92.5 Å². The molecule has 1 aromatic carbocycles. The van der Waals surface area contributed by atoms with Crippen molar-refractivity contribution in [3.63, 3.8) is 0 Å². The first-order chi connectivity index (χ1) is 7.52. The maximum absolute atomic E-state index is 10.6. The monoisotopic (exact) mass is 224 g/mol. The largest absolute Gasteiger partial charge is 0.480 e. The number of carboxylic acid groups (broad SMARTS) is 1. The predicted molar refractivity (Wildman–Crippen MR) is 57.2 cm³/mol. The van der Waals surface area contributed by atoms with Gasteiger partial charge in [0, 0.05) is 18.2 Å². The Morgan fingerprint density at radius 1 is 1.56 bits per heavy atom. The zero-order valence-electron chi connectivity index (χ0n) is 8.77. The van der Waals surface area contributed by atoms with Crippen LogP contribution in [0.3, 0.4) is 0 Å². The van der Waals surface area contributed by atoms with Crippen molar-refractivity contribution in [2.45, 2.75) is 13.5 Å². The van der Waals surface area contributed by atoms with Crippen molar-refractivity contribution >= 4 is 11.7 Å². The van der Waals surface area contributed by atoms with Gasteiger partial charge in [-0.2, -0.15) is 0 Å². The summed E-state index contributed by atoms with van der Waals surface area (Å²) in [6.07, 6.45) is 0. The number of hydrogen-bond acceptors (Lipinski definition) is 4. The molecule has 0 bridgehead atoms. The fourth-order valence-corrected chi connectivity index (χ4v) is 1.36. The van der Waals surface area contributed by atoms with E-state index >= 15 is 0 Å². The minimum absolute atomic E-state index is 0.0506. The third-order valence-electron chi connectivity index (χ3n) is 2.21. The van der Waals surface area contributed by atoms with Crippen LogP contribution in [0.4, 0.5) is 5.69 Å². The van der Waals surface area contributed by atoms with E-state index in [4.69, 9.17) is 5.11 Å². The number of nitrogens with zero attached hydrogens (tertiary/aromatic N) is 1. The Bertz CT molecular complexity index is 417. The van der Waals surface area contributed by atoms with Gasteiger partial charge >= 0.3 is 5.97 Å². The van der Waals surface area contributed by atoms with Crippen molar-refractivity contribution in [3.8, 4) is 0 Å². The van der Waals surface area contributed by atoms with E-state index in [1.165, 1.54) is 6.07 Å². The summed E-state index contributed by atoms with van der Waals surface area (Å²) >= 11 is 0. The maximum Gasteiger partial charge on any atom is 0.317 e. The smallest absolute Gasteiger partial charge is 0.317 e. The van der Waals surface area contributed by atoms with Gasteiger partial charge < -0.3 is 10.4 Å². The van der Waals surface area contributed by atoms with Crippen molar-refractivity contribution < 1.29 is 14.8 Å². The van der Waals surface area contributed by atoms with E-state index in [1.807, 2.05) is 0 Å². The molecule has 6 heteroatoms. The van der Waals surface area contributed by atoms with E-state index < -0.39 is 10.9 Å². The van der Waals surface area contributed by atoms with E-state index in [2.05, 4.69) is 5.32 Å². The first kappa shape index (κ1) is 12.1. The van der Waals surface area contributed by atoms with Crippen LogP contribution in [-0.4, -0.2) is 22.5 Å². The maximum atomic E-state index is 10.6. The van der Waals surface area contributed by atoms with E-state index in [0.717, 1.165) is 5.56 Å². The van der Waals surface area contributed by atoms with Crippen LogP contribution in [-0.2, 0) is 11.3 Å². The highest BCUT2D eigenvalue weighted by Crippen LogP contribution is 2.20. The molecule has 0 unspecified atom stereocenters. The highest BCUT2D eigenvalue weighted by atomic mass is 16.6. The third-order valence-corrected chi connectivity index (χ3v) is 2.21. The fraction of sp³-hybridized carbons (Fsp3) is 0.300. The van der Waals surface area contributed by atoms with E-state index in [-0.39, 0.29) is 12.2 Å². The van der Waals surface area contributed by atoms with Crippen molar-refractivity contribution in [1.29, 1.82) is 0 Å². The molecule has 0 aliphatic carbocycles. The minimum Gasteiger partial charge on any atom is -0.480 e. The fourth-order valence-electron chi connectivity index (χ4n) is 1.36. The summed E-state index contributed by atoms with van der Waals surface area (Å²) in [5, 5.41) is 21.8. The highest BCUT2D eigenvalue weighted by Gasteiger charge is 2.12. The van der Waals surface area contributed by atoms with Gasteiger partial charge in [0.05, 0.1) is 11.5 Å². The lowest BCUT2D eigenvalue weighted by atomic mass is 10.1. The van der Waals surface area contributed by atoms with Gasteiger partial charge in [0.1, 0.15) is 0 Å². The van der Waals surface area contributed by atoms with Crippen LogP contribution in [0, 0.1) is 17.0 Å². The molecule has 0 aromatic heterocycles. The predicted octanol–water partition coefficient (Wildman–Crippen LogP) is 1.08. The number of hydrogen-bond donors (Lipinski definition) is 2. The Balaban J connectivity index is 2.77. The summed E-state index contributed by atoms with van der Waals surface area (Å²) in [7, 11) is 0. The van der Waals surface area contributed by atoms with Gasteiger partial charge in [0.15, 0.2) is 0 Å². The van der Waals surface area contributed by atoms with Gasteiger partial charge in [-0.1, -0.05) is 12.1 Å². The van der Waals surface area contributed by atoms with E-state index in [0.29, 0.717) is 12.1 Å². The second-order valence-corrected chi connectivity index (χ2v) is 3.32. The van der Waals surface area contributed by atoms with Crippen LogP contribution in [0.25, 0.3) is 0 Å². The molecule has 2 N–H and O–H groups in total. The van der Waals surface area contributed by atoms with Gasteiger partial charge in [-0.05, 0) is 12.5 Å². The van der Waals surface area contributed by atoms with Gasteiger partial charge in [-0.25, -0.2) is 0 Å². The zero-order valence-corrected chi connectivity index (χ0v) is 8.77. The summed E-state index contributed by atoms with van der Waals surface area (Å²) < 4.78 is 0. The summed E-state index contributed by atoms with van der Waals surface area (Å²) in [4.78, 5) is 20.5. The number of aliphatic carboxylic acids is 1. The van der Waals surface area contributed by atoms with Gasteiger partial charge in [0.2, 0.25) is 0 Å². The molecule has 1 rings (SSSR count). The standard InChI is InChI=1S/C10H12N2O4/c1-7-8(5-11-6-10(13)14)3-2-4-9(7)12(15)16/h2-4,11H,5-6H2,1H3,(H,13,14). The minimum atomic E-state index is -0.955. The van der Waals surface area contributed by atoms with Crippen molar-refractivity contribution in [3.05, 3.63) is 39.4 Å². The molecule has 0 atom stereocenters. The van der Waals surface area contributed by atoms with E-state index in [9.17, 15) is 14.9 Å². The van der Waals surface area contributed by atoms with Crippen LogP contribution >= 0.6 is 0 Å². The van der Waals surface area contributed by atoms with Crippen LogP contribution < -0.4 is 5.32 Å². The van der Waals surface area contributed by atoms with Crippen molar-refractivity contribution in [1.82, 2.24) is 5.32 Å². The molecule has 0 aliphatic heterocycles. The summed E-state index contributed by atoms with van der Waals surface area (Å²) in [6.45, 7) is 1.79. The molecule has 0 fully saturated rings. The van der Waals surface area contributed by atoms with Crippen molar-refractivity contribution in [2.75, 3.05) is 6.54 Å². The Morgan fingerprint density at radius 2 is 2.25 bits per heavy atom. The summed E-state index contributed by atoms with van der Waals surface area (Å²) in [6, 6.07) is 4.75. The number of carboxylic acids is 1. The number of nitro benzene ring substituents is 1. The number of nitrogens with one attached hydrogen (secondary N) is 1. The Labute approximate surface area is 92.0 Å². The number of rotatable bonds is 5. The lowest BCUT2D eigenvalue weighted by Gasteiger charge is -2.06. The molecule has 0 radical (unpaired) electrons. The Kier molecular flexibility index (Phi) is 3.96. The molecule has 0 spiro atoms. The van der Waals surface area contributed by atoms with Crippen LogP contribution in [0.5, 0.6) is 0 Å². The van der Waals surface area contributed by atoms with Crippen LogP contribution in [0.1, 0.15) is 11.1 Å². The van der Waals surface area contributed by atoms with Gasteiger partial charge in [-0.3, -0.25) is 14.9 Å². The average Bonchev–Trinajstić information content (AvgIpc) is 2.19. The molecule has 1 aromatic rings. The normalized spacial score (nSPS) is 10.1. The van der Waals surface area contributed by atoms with Crippen molar-refractivity contribution in [2.24, 2.45) is 0 Å². The van der Waals surface area contributed by atoms with Gasteiger partial charge in [0.25, 0.3) is 5.69 Å². The first-order valence-corrected chi connectivity index (χ1v) is 4.67. The molecule has 0 saturated carbocycles. The number of carbonyl (C=O) groups is 1. The van der Waals surface area contributed by atoms with Crippen LogP contribution in [0.15, 0.2) is 18.2 Å². The second-order valence-electron chi connectivity index (χ2n) is 3.32. The SMILES string of the molecule is Cc1c(CNCC(=O)O)cccc1[N+](=O)[O-]. The molecule has 0 aliphatic rings. The average molecular weight is 224 g/mol. The molecule has 0 heterocycles. The third kappa shape index (κ3) is 3.03. The molecular formula is C10H12N2O4. The van der Waals surface area contributed by atoms with Gasteiger partial charge in [-0.15, -0.1) is 0 Å². The Morgan fingerprint density at radius 3 is 2.81 bits per heavy atom. The summed E-state index contributed by atoms with van der Waals surface area (Å²) in [5.41, 5.74) is 1.34. The second kappa shape index (κ2) is 5.22. The molecule has 0 saturated heterocycles. The first-order valence-electron chi connectivity index (χ1n) is 4.67. The number of nitro groups is 1. The molecule has 6 nitrogen and oxygen atoms in total. The Hall–Kier alpha value is -1.95. The molecule has 16 heavy (non-hydrogen) atoms. The van der Waals surface area contributed by atoms with E-state index in [1.54, 1.807) is 19.1 Å². The molecule has 86 valence electrons. The number of benzene rings is 1. The van der Waals surface area contributed by atoms with Crippen LogP contribution in [0.2, 0.25) is 0 Å². The lowest BCUT2D eigenvalue weighted by molar-refractivity contribution is -0.385. The lowest BCUT2D eigenvalue weighted by Crippen LogP contribution is -2.22. The summed E-state index contributed by atoms with van der Waals surface area (Å²) in [5.74, 6) is -0.955. The molecule has 0 amide bonds. The zero-order chi connectivity index (χ0) is 12.1. The quantitative estimate of drug-likeness (QED) is 0.576. The molecular weight excluding hydrogens is 212 g/mol. The highest BCUT2D eigenvalue weighted by molar-refractivity contribution is 5.69.